The van der Waals surface area contributed by atoms with Gasteiger partial charge >= 0.3 is 0 Å². The van der Waals surface area contributed by atoms with Crippen molar-refractivity contribution < 1.29 is 39.8 Å². The first-order valence-corrected chi connectivity index (χ1v) is 38.0. The number of aliphatic hydroxyl groups excluding tert-OH is 5. The van der Waals surface area contributed by atoms with E-state index in [4.69, 9.17) is 9.47 Å². The maximum Gasteiger partial charge on any atom is 0.220 e. The lowest BCUT2D eigenvalue weighted by atomic mass is 9.99. The van der Waals surface area contributed by atoms with Gasteiger partial charge in [-0.3, -0.25) is 4.79 Å². The second-order valence-electron chi connectivity index (χ2n) is 26.8. The minimum absolute atomic E-state index is 0.132. The molecule has 7 atom stereocenters. The molecule has 0 spiro atoms. The molecule has 9 nitrogen and oxygen atoms in total. The Kier molecular flexibility index (Phi) is 63.1. The number of amides is 1. The molecule has 1 rings (SSSR count). The van der Waals surface area contributed by atoms with E-state index >= 15 is 0 Å². The van der Waals surface area contributed by atoms with Gasteiger partial charge in [-0.2, -0.15) is 0 Å². The maximum atomic E-state index is 13.2. The topological polar surface area (TPSA) is 149 Å². The van der Waals surface area contributed by atoms with Crippen molar-refractivity contribution in [1.82, 2.24) is 5.32 Å². The van der Waals surface area contributed by atoms with Crippen LogP contribution in [0.3, 0.4) is 0 Å². The van der Waals surface area contributed by atoms with Crippen molar-refractivity contribution in [3.05, 3.63) is 24.3 Å². The molecule has 0 aromatic carbocycles. The Balaban J connectivity index is 2.01. The summed E-state index contributed by atoms with van der Waals surface area (Å²) in [5.74, 6) is -0.134. The fourth-order valence-electron chi connectivity index (χ4n) is 12.6. The number of hydrogen-bond acceptors (Lipinski definition) is 8. The molecule has 1 fully saturated rings. The van der Waals surface area contributed by atoms with E-state index in [1.165, 1.54) is 327 Å². The predicted molar refractivity (Wildman–Crippen MR) is 364 cm³/mol. The molecule has 0 saturated carbocycles. The summed E-state index contributed by atoms with van der Waals surface area (Å²) in [6, 6.07) is -0.717. The second-order valence-corrected chi connectivity index (χ2v) is 26.8. The largest absolute Gasteiger partial charge is 0.394 e. The zero-order valence-electron chi connectivity index (χ0n) is 56.7. The highest BCUT2D eigenvalue weighted by Crippen LogP contribution is 2.24. The van der Waals surface area contributed by atoms with Gasteiger partial charge in [-0.25, -0.2) is 0 Å². The molecule has 1 saturated heterocycles. The highest BCUT2D eigenvalue weighted by atomic mass is 16.7. The van der Waals surface area contributed by atoms with Crippen molar-refractivity contribution in [2.75, 3.05) is 13.2 Å². The predicted octanol–water partition coefficient (Wildman–Crippen LogP) is 21.2. The maximum absolute atomic E-state index is 13.2. The van der Waals surface area contributed by atoms with Crippen LogP contribution >= 0.6 is 0 Å². The first-order chi connectivity index (χ1) is 41.8. The van der Waals surface area contributed by atoms with E-state index in [1.54, 1.807) is 0 Å². The molecule has 0 radical (unpaired) electrons. The first-order valence-electron chi connectivity index (χ1n) is 38.0. The SMILES string of the molecule is CCCCCCC/C=C\C/C=C\CCCCCCCCCCCCCCCCCCCCCCCCCCCCCCCC(=O)NC(COC1OC(CO)C(O)C(O)C1O)C(O)CCCCCCCCCCCCCCCCCCCCCCC. The molecule has 85 heavy (non-hydrogen) atoms. The third kappa shape index (κ3) is 54.2. The minimum Gasteiger partial charge on any atom is -0.394 e. The van der Waals surface area contributed by atoms with Crippen LogP contribution in [0.4, 0.5) is 0 Å². The lowest BCUT2D eigenvalue weighted by Crippen LogP contribution is -2.60. The average molecular weight is 1200 g/mol. The highest BCUT2D eigenvalue weighted by molar-refractivity contribution is 5.76. The van der Waals surface area contributed by atoms with E-state index < -0.39 is 49.5 Å². The van der Waals surface area contributed by atoms with Gasteiger partial charge in [-0.1, -0.05) is 372 Å². The molecule has 504 valence electrons. The third-order valence-corrected chi connectivity index (χ3v) is 18.6. The fourth-order valence-corrected chi connectivity index (χ4v) is 12.6. The average Bonchev–Trinajstić information content (AvgIpc) is 3.68. The van der Waals surface area contributed by atoms with Crippen LogP contribution in [0, 0.1) is 0 Å². The van der Waals surface area contributed by atoms with Crippen molar-refractivity contribution in [2.24, 2.45) is 0 Å². The van der Waals surface area contributed by atoms with E-state index in [9.17, 15) is 30.3 Å². The number of carbonyl (C=O) groups is 1. The van der Waals surface area contributed by atoms with Crippen LogP contribution in [0.1, 0.15) is 399 Å². The van der Waals surface area contributed by atoms with Crippen LogP contribution in [-0.2, 0) is 14.3 Å². The fraction of sp³-hybridized carbons (Fsp3) is 0.934. The summed E-state index contributed by atoms with van der Waals surface area (Å²) in [6.45, 7) is 3.89. The number of aliphatic hydroxyl groups is 5. The second kappa shape index (κ2) is 65.6. The summed E-state index contributed by atoms with van der Waals surface area (Å²) in [4.78, 5) is 13.2. The molecule has 0 aromatic heterocycles. The van der Waals surface area contributed by atoms with Crippen LogP contribution in [0.15, 0.2) is 24.3 Å². The van der Waals surface area contributed by atoms with Gasteiger partial charge in [0.2, 0.25) is 5.91 Å². The Hall–Kier alpha value is -1.33. The van der Waals surface area contributed by atoms with E-state index in [0.717, 1.165) is 44.9 Å². The number of unbranched alkanes of at least 4 members (excludes halogenated alkanes) is 54. The smallest absolute Gasteiger partial charge is 0.220 e. The number of allylic oxidation sites excluding steroid dienone is 4. The van der Waals surface area contributed by atoms with Gasteiger partial charge in [0.05, 0.1) is 25.4 Å². The van der Waals surface area contributed by atoms with Crippen LogP contribution in [0.25, 0.3) is 0 Å². The standard InChI is InChI=1S/C76H147NO8/c1-3-5-7-9-11-13-15-17-19-21-23-25-26-27-28-29-30-31-32-33-34-35-36-37-38-39-40-41-42-43-44-46-48-50-52-54-56-58-60-62-64-66-72(80)77-69(68-84-76-75(83)74(82)73(81)71(67-78)85-76)70(79)65-63-61-59-57-55-53-51-49-47-45-24-22-20-18-16-14-12-10-8-6-4-2/h15,17,21,23,69-71,73-76,78-79,81-83H,3-14,16,18-20,22,24-68H2,1-2H3,(H,77,80)/b17-15-,23-21-. The van der Waals surface area contributed by atoms with Crippen molar-refractivity contribution in [3.63, 3.8) is 0 Å². The monoisotopic (exact) mass is 1200 g/mol. The lowest BCUT2D eigenvalue weighted by Gasteiger charge is -2.40. The molecule has 0 bridgehead atoms. The molecule has 1 amide bonds. The molecule has 1 aliphatic heterocycles. The Bertz CT molecular complexity index is 1390. The zero-order valence-corrected chi connectivity index (χ0v) is 56.7. The first kappa shape index (κ1) is 81.7. The number of carbonyl (C=O) groups excluding carboxylic acids is 1. The highest BCUT2D eigenvalue weighted by Gasteiger charge is 2.44. The van der Waals surface area contributed by atoms with Gasteiger partial charge in [0.1, 0.15) is 24.4 Å². The number of rotatable bonds is 68. The molecule has 7 unspecified atom stereocenters. The Morgan fingerprint density at radius 3 is 1.01 bits per heavy atom. The number of hydrogen-bond donors (Lipinski definition) is 6. The van der Waals surface area contributed by atoms with Gasteiger partial charge in [0, 0.05) is 6.42 Å². The normalized spacial score (nSPS) is 18.1. The minimum atomic E-state index is -1.55. The van der Waals surface area contributed by atoms with Gasteiger partial charge in [-0.15, -0.1) is 0 Å². The van der Waals surface area contributed by atoms with E-state index in [1.807, 2.05) is 0 Å². The molecular formula is C76H147NO8. The molecule has 0 aliphatic carbocycles. The molecule has 0 aromatic rings. The summed E-state index contributed by atoms with van der Waals surface area (Å²) < 4.78 is 11.4. The quantitative estimate of drug-likeness (QED) is 0.0261. The molecule has 9 heteroatoms. The van der Waals surface area contributed by atoms with Crippen molar-refractivity contribution in [2.45, 2.75) is 442 Å². The lowest BCUT2D eigenvalue weighted by molar-refractivity contribution is -0.302. The van der Waals surface area contributed by atoms with Crippen LogP contribution in [-0.4, -0.2) is 87.5 Å². The molecule has 1 heterocycles. The van der Waals surface area contributed by atoms with Gasteiger partial charge in [0.25, 0.3) is 0 Å². The van der Waals surface area contributed by atoms with E-state index in [2.05, 4.69) is 43.5 Å². The summed E-state index contributed by atoms with van der Waals surface area (Å²) in [5.41, 5.74) is 0. The Morgan fingerprint density at radius 1 is 0.400 bits per heavy atom. The number of ether oxygens (including phenoxy) is 2. The van der Waals surface area contributed by atoms with Gasteiger partial charge in [0.15, 0.2) is 6.29 Å². The van der Waals surface area contributed by atoms with Crippen LogP contribution in [0.2, 0.25) is 0 Å². The van der Waals surface area contributed by atoms with E-state index in [-0.39, 0.29) is 12.5 Å². The van der Waals surface area contributed by atoms with Crippen molar-refractivity contribution in [3.8, 4) is 0 Å². The van der Waals surface area contributed by atoms with Gasteiger partial charge < -0.3 is 40.3 Å². The summed E-state index contributed by atoms with van der Waals surface area (Å²) >= 11 is 0. The van der Waals surface area contributed by atoms with E-state index in [0.29, 0.717) is 12.8 Å². The molecule has 1 aliphatic rings. The Labute approximate surface area is 528 Å². The summed E-state index contributed by atoms with van der Waals surface area (Å²) in [7, 11) is 0. The van der Waals surface area contributed by atoms with Crippen molar-refractivity contribution in [1.29, 1.82) is 0 Å². The summed E-state index contributed by atoms with van der Waals surface area (Å²) in [5, 5.41) is 55.0. The number of nitrogens with one attached hydrogen (secondary N) is 1. The molecular weight excluding hydrogens is 1050 g/mol. The van der Waals surface area contributed by atoms with Crippen LogP contribution in [0.5, 0.6) is 0 Å². The Morgan fingerprint density at radius 2 is 0.694 bits per heavy atom. The zero-order chi connectivity index (χ0) is 61.4. The van der Waals surface area contributed by atoms with Gasteiger partial charge in [-0.05, 0) is 44.9 Å². The summed E-state index contributed by atoms with van der Waals surface area (Å²) in [6.07, 6.45) is 80.0. The molecule has 6 N–H and O–H groups in total. The third-order valence-electron chi connectivity index (χ3n) is 18.6. The van der Waals surface area contributed by atoms with Crippen LogP contribution < -0.4 is 5.32 Å². The van der Waals surface area contributed by atoms with Crippen molar-refractivity contribution >= 4 is 5.91 Å².